The van der Waals surface area contributed by atoms with E-state index in [4.69, 9.17) is 9.63 Å². The number of aryl methyl sites for hydroxylation is 1. The lowest BCUT2D eigenvalue weighted by molar-refractivity contribution is -0.139. The van der Waals surface area contributed by atoms with E-state index in [-0.39, 0.29) is 31.3 Å². The fraction of sp³-hybridized carbons (Fsp3) is 0.344. The molecule has 42 heavy (non-hydrogen) atoms. The van der Waals surface area contributed by atoms with Crippen LogP contribution in [0.25, 0.3) is 22.3 Å². The molecule has 2 atom stereocenters. The maximum absolute atomic E-state index is 14.0. The average molecular weight is 578 g/mol. The molecule has 0 aliphatic rings. The number of carbonyl (C=O) groups excluding carboxylic acids is 1. The average Bonchev–Trinajstić information content (AvgIpc) is 3.52. The van der Waals surface area contributed by atoms with Crippen molar-refractivity contribution in [2.75, 3.05) is 0 Å². The molecular formula is C32H36FN3O6. The quantitative estimate of drug-likeness (QED) is 0.169. The summed E-state index contributed by atoms with van der Waals surface area (Å²) in [4.78, 5) is 25.0. The van der Waals surface area contributed by atoms with Gasteiger partial charge in [0.25, 0.3) is 5.91 Å². The minimum absolute atomic E-state index is 0.101. The number of aliphatic hydroxyl groups excluding tert-OH is 2. The summed E-state index contributed by atoms with van der Waals surface area (Å²) >= 11 is 0. The number of aliphatic carboxylic acids is 1. The van der Waals surface area contributed by atoms with Gasteiger partial charge in [0.05, 0.1) is 25.2 Å². The van der Waals surface area contributed by atoms with Gasteiger partial charge in [-0.15, -0.1) is 0 Å². The second kappa shape index (κ2) is 13.6. The highest BCUT2D eigenvalue weighted by atomic mass is 19.1. The van der Waals surface area contributed by atoms with Crippen LogP contribution in [0.3, 0.4) is 0 Å². The zero-order valence-electron chi connectivity index (χ0n) is 23.9. The Balaban J connectivity index is 1.85. The molecule has 2 unspecified atom stereocenters. The van der Waals surface area contributed by atoms with E-state index in [1.807, 2.05) is 48.7 Å². The number of hydrogen-bond donors (Lipinski definition) is 4. The van der Waals surface area contributed by atoms with Gasteiger partial charge in [-0.3, -0.25) is 9.59 Å². The Hall–Kier alpha value is -4.28. The summed E-state index contributed by atoms with van der Waals surface area (Å²) in [5, 5.41) is 36.7. The number of aliphatic hydroxyl groups is 2. The molecule has 0 aliphatic heterocycles. The molecule has 0 aliphatic carbocycles. The van der Waals surface area contributed by atoms with Crippen molar-refractivity contribution in [1.82, 2.24) is 15.0 Å². The Bertz CT molecular complexity index is 1510. The molecule has 2 heterocycles. The molecule has 0 radical (unpaired) electrons. The molecule has 4 N–H and O–H groups in total. The molecule has 2 aromatic carbocycles. The van der Waals surface area contributed by atoms with Crippen molar-refractivity contribution in [3.8, 4) is 22.3 Å². The summed E-state index contributed by atoms with van der Waals surface area (Å²) in [7, 11) is 0. The molecule has 9 nitrogen and oxygen atoms in total. The fourth-order valence-electron chi connectivity index (χ4n) is 5.27. The number of aromatic nitrogens is 2. The molecule has 0 saturated heterocycles. The van der Waals surface area contributed by atoms with Crippen molar-refractivity contribution in [3.63, 3.8) is 0 Å². The van der Waals surface area contributed by atoms with Crippen molar-refractivity contribution < 1.29 is 33.8 Å². The van der Waals surface area contributed by atoms with Gasteiger partial charge in [0.15, 0.2) is 0 Å². The number of nitrogens with zero attached hydrogens (tertiary/aromatic N) is 2. The Labute approximate surface area is 243 Å². The van der Waals surface area contributed by atoms with Crippen LogP contribution in [0.1, 0.15) is 66.8 Å². The second-order valence-electron chi connectivity index (χ2n) is 10.7. The molecule has 0 fully saturated rings. The normalized spacial score (nSPS) is 12.8. The third-order valence-electron chi connectivity index (χ3n) is 7.01. The number of nitrogens with one attached hydrogen (secondary N) is 1. The molecule has 0 spiro atoms. The van der Waals surface area contributed by atoms with Crippen molar-refractivity contribution in [2.45, 2.75) is 71.2 Å². The molecule has 10 heteroatoms. The maximum atomic E-state index is 14.0. The topological polar surface area (TPSA) is 138 Å². The van der Waals surface area contributed by atoms with Gasteiger partial charge in [-0.1, -0.05) is 47.6 Å². The summed E-state index contributed by atoms with van der Waals surface area (Å²) in [6, 6.07) is 17.1. The molecule has 1 amide bonds. The maximum Gasteiger partial charge on any atom is 0.305 e. The first kappa shape index (κ1) is 30.7. The monoisotopic (exact) mass is 577 g/mol. The van der Waals surface area contributed by atoms with E-state index in [2.05, 4.69) is 10.5 Å². The molecule has 222 valence electrons. The zero-order chi connectivity index (χ0) is 30.4. The summed E-state index contributed by atoms with van der Waals surface area (Å²) < 4.78 is 21.1. The second-order valence-corrected chi connectivity index (χ2v) is 10.7. The predicted molar refractivity (Wildman–Crippen MR) is 155 cm³/mol. The van der Waals surface area contributed by atoms with Crippen LogP contribution in [0.15, 0.2) is 65.2 Å². The van der Waals surface area contributed by atoms with Crippen molar-refractivity contribution in [3.05, 3.63) is 89.3 Å². The van der Waals surface area contributed by atoms with Gasteiger partial charge in [-0.25, -0.2) is 4.39 Å². The number of carboxylic acids is 1. The van der Waals surface area contributed by atoms with Crippen LogP contribution < -0.4 is 5.32 Å². The van der Waals surface area contributed by atoms with Crippen molar-refractivity contribution in [2.24, 2.45) is 0 Å². The number of amides is 1. The van der Waals surface area contributed by atoms with Crippen LogP contribution in [-0.4, -0.2) is 49.1 Å². The van der Waals surface area contributed by atoms with E-state index in [1.165, 1.54) is 12.1 Å². The number of carboxylic acid groups (broad SMARTS) is 1. The highest BCUT2D eigenvalue weighted by molar-refractivity contribution is 6.05. The number of halogens is 1. The van der Waals surface area contributed by atoms with Gasteiger partial charge in [0.2, 0.25) is 0 Å². The first-order chi connectivity index (χ1) is 20.0. The van der Waals surface area contributed by atoms with E-state index in [0.29, 0.717) is 34.7 Å². The summed E-state index contributed by atoms with van der Waals surface area (Å²) in [5.74, 6) is -1.25. The van der Waals surface area contributed by atoms with Crippen molar-refractivity contribution >= 4 is 11.9 Å². The lowest BCUT2D eigenvalue weighted by Gasteiger charge is -2.20. The number of carbonyl (C=O) groups is 2. The number of hydrogen-bond acceptors (Lipinski definition) is 6. The van der Waals surface area contributed by atoms with Crippen LogP contribution in [-0.2, 0) is 17.8 Å². The van der Waals surface area contributed by atoms with Gasteiger partial charge in [0, 0.05) is 28.9 Å². The summed E-state index contributed by atoms with van der Waals surface area (Å²) in [5.41, 5.74) is 4.63. The fourth-order valence-corrected chi connectivity index (χ4v) is 5.27. The van der Waals surface area contributed by atoms with E-state index in [1.54, 1.807) is 25.1 Å². The van der Waals surface area contributed by atoms with Crippen molar-refractivity contribution in [1.29, 1.82) is 0 Å². The van der Waals surface area contributed by atoms with Gasteiger partial charge in [-0.2, -0.15) is 0 Å². The minimum Gasteiger partial charge on any atom is -0.481 e. The van der Waals surface area contributed by atoms with E-state index in [0.717, 1.165) is 16.8 Å². The zero-order valence-corrected chi connectivity index (χ0v) is 23.9. The van der Waals surface area contributed by atoms with Crippen LogP contribution in [0, 0.1) is 12.7 Å². The lowest BCUT2D eigenvalue weighted by Crippen LogP contribution is -2.27. The first-order valence-electron chi connectivity index (χ1n) is 13.9. The largest absolute Gasteiger partial charge is 0.481 e. The minimum atomic E-state index is -1.19. The van der Waals surface area contributed by atoms with Gasteiger partial charge in [-0.05, 0) is 63.3 Å². The van der Waals surface area contributed by atoms with E-state index in [9.17, 15) is 24.2 Å². The van der Waals surface area contributed by atoms with E-state index < -0.39 is 30.4 Å². The highest BCUT2D eigenvalue weighted by Gasteiger charge is 2.30. The van der Waals surface area contributed by atoms with Gasteiger partial charge < -0.3 is 29.7 Å². The smallest absolute Gasteiger partial charge is 0.305 e. The standard InChI is InChI=1S/C32H36FN3O6/c1-19(2)36-27(14-13-25(37)16-26(38)17-28(39)40)29(22-9-11-23(33)12-10-22)30(21-7-5-4-6-8-21)31(36)32(41)34-18-24-15-20(3)42-35-24/h4-12,15,19,25-26,37-38H,13-14,16-18H2,1-3H3,(H,34,41)(H,39,40). The van der Waals surface area contributed by atoms with Crippen LogP contribution >= 0.6 is 0 Å². The first-order valence-corrected chi connectivity index (χ1v) is 13.9. The molecule has 4 aromatic rings. The molecule has 2 aromatic heterocycles. The van der Waals surface area contributed by atoms with Crippen LogP contribution in [0.2, 0.25) is 0 Å². The Morgan fingerprint density at radius 1 is 1.00 bits per heavy atom. The Kier molecular flexibility index (Phi) is 9.92. The summed E-state index contributed by atoms with van der Waals surface area (Å²) in [6.45, 7) is 5.83. The molecular weight excluding hydrogens is 541 g/mol. The SMILES string of the molecule is Cc1cc(CNC(=O)c2c(-c3ccccc3)c(-c3ccc(F)cc3)c(CCC(O)CC(O)CC(=O)O)n2C(C)C)no1. The van der Waals surface area contributed by atoms with E-state index >= 15 is 0 Å². The summed E-state index contributed by atoms with van der Waals surface area (Å²) in [6.07, 6.45) is -2.22. The number of rotatable bonds is 13. The highest BCUT2D eigenvalue weighted by Crippen LogP contribution is 2.42. The predicted octanol–water partition coefficient (Wildman–Crippen LogP) is 5.29. The van der Waals surface area contributed by atoms with Gasteiger partial charge >= 0.3 is 5.97 Å². The third-order valence-corrected chi connectivity index (χ3v) is 7.01. The molecule has 4 rings (SSSR count). The Morgan fingerprint density at radius 3 is 2.26 bits per heavy atom. The molecule has 0 bridgehead atoms. The van der Waals surface area contributed by atoms with Gasteiger partial charge in [0.1, 0.15) is 23.0 Å². The van der Waals surface area contributed by atoms with Crippen LogP contribution in [0.4, 0.5) is 4.39 Å². The Morgan fingerprint density at radius 2 is 1.67 bits per heavy atom. The lowest BCUT2D eigenvalue weighted by atomic mass is 9.92. The third kappa shape index (κ3) is 7.32. The molecule has 0 saturated carbocycles. The van der Waals surface area contributed by atoms with Crippen LogP contribution in [0.5, 0.6) is 0 Å². The number of benzene rings is 2.